The van der Waals surface area contributed by atoms with Gasteiger partial charge in [0.2, 0.25) is 0 Å². The SMILES string of the molecule is CNC(CCCC(F)(F)F)C1CCCOC1. The van der Waals surface area contributed by atoms with Crippen LogP contribution < -0.4 is 5.32 Å². The monoisotopic (exact) mass is 239 g/mol. The third-order valence-corrected chi connectivity index (χ3v) is 3.11. The fourth-order valence-electron chi connectivity index (χ4n) is 2.22. The molecule has 0 amide bonds. The van der Waals surface area contributed by atoms with Crippen molar-refractivity contribution in [1.29, 1.82) is 0 Å². The molecule has 1 saturated heterocycles. The molecule has 5 heteroatoms. The van der Waals surface area contributed by atoms with Crippen LogP contribution in [0.2, 0.25) is 0 Å². The molecule has 0 aromatic heterocycles. The van der Waals surface area contributed by atoms with Crippen molar-refractivity contribution in [3.05, 3.63) is 0 Å². The van der Waals surface area contributed by atoms with Crippen LogP contribution >= 0.6 is 0 Å². The lowest BCUT2D eigenvalue weighted by Gasteiger charge is -2.30. The van der Waals surface area contributed by atoms with Crippen LogP contribution in [0.1, 0.15) is 32.1 Å². The second-order valence-corrected chi connectivity index (χ2v) is 4.38. The molecule has 2 atom stereocenters. The Morgan fingerprint density at radius 3 is 2.69 bits per heavy atom. The molecule has 0 aromatic rings. The average Bonchev–Trinajstić information content (AvgIpc) is 2.24. The number of alkyl halides is 3. The third-order valence-electron chi connectivity index (χ3n) is 3.11. The number of nitrogens with one attached hydrogen (secondary N) is 1. The summed E-state index contributed by atoms with van der Waals surface area (Å²) in [7, 11) is 1.81. The fourth-order valence-corrected chi connectivity index (χ4v) is 2.22. The first kappa shape index (κ1) is 13.8. The highest BCUT2D eigenvalue weighted by Crippen LogP contribution is 2.25. The van der Waals surface area contributed by atoms with Gasteiger partial charge in [-0.2, -0.15) is 13.2 Å². The molecule has 0 aliphatic carbocycles. The summed E-state index contributed by atoms with van der Waals surface area (Å²) in [6, 6.07) is 0.155. The summed E-state index contributed by atoms with van der Waals surface area (Å²) < 4.78 is 41.4. The van der Waals surface area contributed by atoms with Crippen molar-refractivity contribution in [2.24, 2.45) is 5.92 Å². The summed E-state index contributed by atoms with van der Waals surface area (Å²) in [4.78, 5) is 0. The topological polar surface area (TPSA) is 21.3 Å². The summed E-state index contributed by atoms with van der Waals surface area (Å²) in [5.41, 5.74) is 0. The van der Waals surface area contributed by atoms with Crippen molar-refractivity contribution in [3.8, 4) is 0 Å². The zero-order chi connectivity index (χ0) is 12.0. The van der Waals surface area contributed by atoms with Crippen molar-refractivity contribution in [2.75, 3.05) is 20.3 Å². The summed E-state index contributed by atoms with van der Waals surface area (Å²) in [6.07, 6.45) is -1.87. The smallest absolute Gasteiger partial charge is 0.381 e. The van der Waals surface area contributed by atoms with E-state index < -0.39 is 12.6 Å². The van der Waals surface area contributed by atoms with E-state index in [2.05, 4.69) is 5.32 Å². The number of hydrogen-bond acceptors (Lipinski definition) is 2. The molecule has 96 valence electrons. The Hall–Kier alpha value is -0.290. The van der Waals surface area contributed by atoms with Crippen molar-refractivity contribution >= 4 is 0 Å². The van der Waals surface area contributed by atoms with Crippen LogP contribution in [-0.4, -0.2) is 32.5 Å². The molecular weight excluding hydrogens is 219 g/mol. The summed E-state index contributed by atoms with van der Waals surface area (Å²) >= 11 is 0. The van der Waals surface area contributed by atoms with Gasteiger partial charge < -0.3 is 10.1 Å². The molecule has 0 bridgehead atoms. The number of rotatable bonds is 5. The van der Waals surface area contributed by atoms with Gasteiger partial charge in [0, 0.05) is 19.1 Å². The molecule has 0 spiro atoms. The summed E-state index contributed by atoms with van der Waals surface area (Å²) in [6.45, 7) is 1.47. The van der Waals surface area contributed by atoms with E-state index in [1.54, 1.807) is 0 Å². The van der Waals surface area contributed by atoms with Gasteiger partial charge in [-0.1, -0.05) is 0 Å². The quantitative estimate of drug-likeness (QED) is 0.796. The second kappa shape index (κ2) is 6.45. The highest BCUT2D eigenvalue weighted by Gasteiger charge is 2.28. The first-order chi connectivity index (χ1) is 7.53. The lowest BCUT2D eigenvalue weighted by molar-refractivity contribution is -0.136. The van der Waals surface area contributed by atoms with Crippen molar-refractivity contribution in [2.45, 2.75) is 44.3 Å². The second-order valence-electron chi connectivity index (χ2n) is 4.38. The Labute approximate surface area is 94.5 Å². The summed E-state index contributed by atoms with van der Waals surface area (Å²) in [5, 5.41) is 3.11. The average molecular weight is 239 g/mol. The van der Waals surface area contributed by atoms with E-state index in [0.29, 0.717) is 18.9 Å². The molecule has 0 radical (unpaired) electrons. The Morgan fingerprint density at radius 1 is 1.44 bits per heavy atom. The van der Waals surface area contributed by atoms with Gasteiger partial charge in [-0.15, -0.1) is 0 Å². The highest BCUT2D eigenvalue weighted by molar-refractivity contribution is 4.77. The van der Waals surface area contributed by atoms with Gasteiger partial charge in [-0.05, 0) is 38.6 Å². The molecule has 1 N–H and O–H groups in total. The largest absolute Gasteiger partial charge is 0.389 e. The zero-order valence-corrected chi connectivity index (χ0v) is 9.65. The lowest BCUT2D eigenvalue weighted by Crippen LogP contribution is -2.38. The van der Waals surface area contributed by atoms with Crippen LogP contribution in [0.4, 0.5) is 13.2 Å². The number of halogens is 3. The van der Waals surface area contributed by atoms with Crippen molar-refractivity contribution < 1.29 is 17.9 Å². The van der Waals surface area contributed by atoms with Gasteiger partial charge in [0.15, 0.2) is 0 Å². The van der Waals surface area contributed by atoms with Gasteiger partial charge in [-0.25, -0.2) is 0 Å². The lowest BCUT2D eigenvalue weighted by atomic mass is 9.90. The van der Waals surface area contributed by atoms with Gasteiger partial charge in [0.25, 0.3) is 0 Å². The Balaban J connectivity index is 2.25. The maximum absolute atomic E-state index is 12.0. The van der Waals surface area contributed by atoms with E-state index in [-0.39, 0.29) is 12.5 Å². The van der Waals surface area contributed by atoms with Gasteiger partial charge >= 0.3 is 6.18 Å². The summed E-state index contributed by atoms with van der Waals surface area (Å²) in [5.74, 6) is 0.368. The predicted molar refractivity (Wildman–Crippen MR) is 56.3 cm³/mol. The normalized spacial score (nSPS) is 24.4. The van der Waals surface area contributed by atoms with Crippen LogP contribution in [0, 0.1) is 5.92 Å². The maximum Gasteiger partial charge on any atom is 0.389 e. The molecule has 16 heavy (non-hydrogen) atoms. The van der Waals surface area contributed by atoms with Crippen molar-refractivity contribution in [1.82, 2.24) is 5.32 Å². The van der Waals surface area contributed by atoms with E-state index in [4.69, 9.17) is 4.74 Å². The van der Waals surface area contributed by atoms with Crippen molar-refractivity contribution in [3.63, 3.8) is 0 Å². The van der Waals surface area contributed by atoms with Crippen LogP contribution in [0.5, 0.6) is 0 Å². The molecule has 1 fully saturated rings. The van der Waals surface area contributed by atoms with E-state index in [9.17, 15) is 13.2 Å². The van der Waals surface area contributed by atoms with Crippen LogP contribution in [0.25, 0.3) is 0 Å². The molecular formula is C11H20F3NO. The minimum absolute atomic E-state index is 0.155. The molecule has 0 saturated carbocycles. The fraction of sp³-hybridized carbons (Fsp3) is 1.00. The van der Waals surface area contributed by atoms with Crippen LogP contribution in [0.15, 0.2) is 0 Å². The standard InChI is InChI=1S/C11H20F3NO/c1-15-10(5-2-6-11(12,13)14)9-4-3-7-16-8-9/h9-10,15H,2-8H2,1H3. The predicted octanol–water partition coefficient (Wildman–Crippen LogP) is 2.73. The first-order valence-corrected chi connectivity index (χ1v) is 5.84. The van der Waals surface area contributed by atoms with Crippen LogP contribution in [-0.2, 0) is 4.74 Å². The molecule has 2 nitrogen and oxygen atoms in total. The van der Waals surface area contributed by atoms with E-state index in [1.165, 1.54) is 0 Å². The molecule has 1 aliphatic rings. The van der Waals surface area contributed by atoms with E-state index in [0.717, 1.165) is 19.4 Å². The minimum Gasteiger partial charge on any atom is -0.381 e. The Bertz CT molecular complexity index is 190. The molecule has 1 rings (SSSR count). The highest BCUT2D eigenvalue weighted by atomic mass is 19.4. The van der Waals surface area contributed by atoms with Gasteiger partial charge in [0.1, 0.15) is 0 Å². The zero-order valence-electron chi connectivity index (χ0n) is 9.65. The third kappa shape index (κ3) is 5.16. The molecule has 1 heterocycles. The molecule has 2 unspecified atom stereocenters. The van der Waals surface area contributed by atoms with Crippen LogP contribution in [0.3, 0.4) is 0 Å². The minimum atomic E-state index is -4.03. The number of hydrogen-bond donors (Lipinski definition) is 1. The van der Waals surface area contributed by atoms with E-state index >= 15 is 0 Å². The molecule has 1 aliphatic heterocycles. The Morgan fingerprint density at radius 2 is 2.19 bits per heavy atom. The van der Waals surface area contributed by atoms with E-state index in [1.807, 2.05) is 7.05 Å². The Kier molecular flexibility index (Phi) is 5.55. The van der Waals surface area contributed by atoms with Gasteiger partial charge in [-0.3, -0.25) is 0 Å². The number of ether oxygens (including phenoxy) is 1. The maximum atomic E-state index is 12.0. The molecule has 0 aromatic carbocycles. The van der Waals surface area contributed by atoms with Gasteiger partial charge in [0.05, 0.1) is 6.61 Å². The first-order valence-electron chi connectivity index (χ1n) is 5.84.